The Balaban J connectivity index is 1.87. The molecule has 2 aromatic carbocycles. The Morgan fingerprint density at radius 3 is 2.44 bits per heavy atom. The van der Waals surface area contributed by atoms with Gasteiger partial charge in [-0.15, -0.1) is 0 Å². The van der Waals surface area contributed by atoms with E-state index in [9.17, 15) is 13.9 Å². The van der Waals surface area contributed by atoms with Gasteiger partial charge in [0.25, 0.3) is 0 Å². The number of aromatic amines is 1. The molecule has 0 aliphatic carbocycles. The van der Waals surface area contributed by atoms with E-state index >= 15 is 0 Å². The molecule has 7 heteroatoms. The predicted octanol–water partition coefficient (Wildman–Crippen LogP) is 4.82. The van der Waals surface area contributed by atoms with Crippen molar-refractivity contribution in [2.24, 2.45) is 0 Å². The lowest BCUT2D eigenvalue weighted by Gasteiger charge is -2.10. The summed E-state index contributed by atoms with van der Waals surface area (Å²) in [6, 6.07) is 10.7. The van der Waals surface area contributed by atoms with Gasteiger partial charge in [0.15, 0.2) is 0 Å². The number of imidazole rings is 1. The Bertz CT molecular complexity index is 922. The van der Waals surface area contributed by atoms with Gasteiger partial charge in [0.05, 0.1) is 5.69 Å². The third-order valence-electron chi connectivity index (χ3n) is 4.10. The molecule has 0 bridgehead atoms. The number of nitrogens with two attached hydrogens (primary N) is 1. The summed E-state index contributed by atoms with van der Waals surface area (Å²) in [5.74, 6) is -0.794. The second-order valence-electron chi connectivity index (χ2n) is 6.62. The van der Waals surface area contributed by atoms with Gasteiger partial charge in [0.1, 0.15) is 28.6 Å². The average Bonchev–Trinajstić information content (AvgIpc) is 3.00. The summed E-state index contributed by atoms with van der Waals surface area (Å²) in [6.45, 7) is 3.94. The van der Waals surface area contributed by atoms with Gasteiger partial charge in [0, 0.05) is 23.1 Å². The van der Waals surface area contributed by atoms with E-state index in [2.05, 4.69) is 9.97 Å². The van der Waals surface area contributed by atoms with Crippen LogP contribution in [0.1, 0.15) is 43.0 Å². The second-order valence-corrected chi connectivity index (χ2v) is 7.70. The fraction of sp³-hybridized carbons (Fsp3) is 0.250. The minimum absolute atomic E-state index is 0.0740. The van der Waals surface area contributed by atoms with Crippen molar-refractivity contribution in [3.8, 4) is 0 Å². The molecular formula is C20H21F2N3OS. The molecule has 4 nitrogen and oxygen atoms in total. The third-order valence-corrected chi connectivity index (χ3v) is 5.09. The average molecular weight is 389 g/mol. The molecule has 0 saturated carbocycles. The molecule has 3 rings (SSSR count). The maximum Gasteiger partial charge on any atom is 0.136 e. The van der Waals surface area contributed by atoms with Crippen LogP contribution in [-0.4, -0.2) is 15.1 Å². The Morgan fingerprint density at radius 2 is 1.81 bits per heavy atom. The lowest BCUT2D eigenvalue weighted by Crippen LogP contribution is -2.06. The molecule has 1 atom stereocenters. The second kappa shape index (κ2) is 8.10. The van der Waals surface area contributed by atoms with Gasteiger partial charge in [-0.1, -0.05) is 43.8 Å². The number of aromatic nitrogens is 2. The van der Waals surface area contributed by atoms with E-state index in [1.165, 1.54) is 23.9 Å². The molecular weight excluding hydrogens is 368 g/mol. The van der Waals surface area contributed by atoms with Gasteiger partial charge in [0.2, 0.25) is 0 Å². The van der Waals surface area contributed by atoms with Gasteiger partial charge in [-0.2, -0.15) is 0 Å². The van der Waals surface area contributed by atoms with Crippen molar-refractivity contribution in [2.75, 3.05) is 5.73 Å². The minimum atomic E-state index is -0.870. The van der Waals surface area contributed by atoms with Gasteiger partial charge in [-0.05, 0) is 29.7 Å². The van der Waals surface area contributed by atoms with Crippen LogP contribution in [0.15, 0.2) is 52.4 Å². The van der Waals surface area contributed by atoms with E-state index < -0.39 is 17.7 Å². The molecule has 0 aliphatic rings. The molecule has 0 saturated heterocycles. The molecule has 3 aromatic rings. The summed E-state index contributed by atoms with van der Waals surface area (Å²) >= 11 is 1.18. The monoisotopic (exact) mass is 389 g/mol. The number of rotatable bonds is 6. The first-order valence-corrected chi connectivity index (χ1v) is 9.40. The van der Waals surface area contributed by atoms with Crippen LogP contribution in [-0.2, 0) is 6.42 Å². The third kappa shape index (κ3) is 4.67. The maximum atomic E-state index is 13.5. The molecule has 0 radical (unpaired) electrons. The van der Waals surface area contributed by atoms with Crippen LogP contribution in [0.4, 0.5) is 14.5 Å². The van der Waals surface area contributed by atoms with Crippen LogP contribution in [0.3, 0.4) is 0 Å². The zero-order chi connectivity index (χ0) is 19.6. The smallest absolute Gasteiger partial charge is 0.136 e. The standard InChI is InChI=1S/C20H21F2N3OS/c1-11(2)18-20(27-15-9-13(21)8-14(22)10-15)25-19(24-18)17(26)7-12-5-3-4-6-16(12)23/h3-6,8-11,17,26H,7,23H2,1-2H3,(H,24,25). The van der Waals surface area contributed by atoms with E-state index in [4.69, 9.17) is 5.73 Å². The summed E-state index contributed by atoms with van der Waals surface area (Å²) in [5.41, 5.74) is 8.12. The van der Waals surface area contributed by atoms with E-state index in [1.54, 1.807) is 6.07 Å². The Kier molecular flexibility index (Phi) is 5.82. The lowest BCUT2D eigenvalue weighted by molar-refractivity contribution is 0.169. The zero-order valence-electron chi connectivity index (χ0n) is 15.0. The van der Waals surface area contributed by atoms with Crippen molar-refractivity contribution in [2.45, 2.75) is 42.2 Å². The number of anilines is 1. The Labute approximate surface area is 160 Å². The van der Waals surface area contributed by atoms with Crippen LogP contribution in [0.2, 0.25) is 0 Å². The van der Waals surface area contributed by atoms with Gasteiger partial charge in [-0.3, -0.25) is 0 Å². The van der Waals surface area contributed by atoms with Crippen LogP contribution in [0.25, 0.3) is 0 Å². The fourth-order valence-electron chi connectivity index (χ4n) is 2.75. The van der Waals surface area contributed by atoms with Crippen molar-refractivity contribution in [1.29, 1.82) is 0 Å². The molecule has 0 fully saturated rings. The Hall–Kier alpha value is -2.38. The quantitative estimate of drug-likeness (QED) is 0.528. The molecule has 142 valence electrons. The summed E-state index contributed by atoms with van der Waals surface area (Å²) in [7, 11) is 0. The molecule has 1 unspecified atom stereocenters. The molecule has 1 heterocycles. The largest absolute Gasteiger partial charge is 0.399 e. The molecule has 0 spiro atoms. The summed E-state index contributed by atoms with van der Waals surface area (Å²) in [6.07, 6.45) is -0.554. The van der Waals surface area contributed by atoms with Crippen LogP contribution in [0.5, 0.6) is 0 Å². The minimum Gasteiger partial charge on any atom is -0.399 e. The van der Waals surface area contributed by atoms with Crippen molar-refractivity contribution in [1.82, 2.24) is 9.97 Å². The lowest BCUT2D eigenvalue weighted by atomic mass is 10.1. The van der Waals surface area contributed by atoms with Gasteiger partial charge in [-0.25, -0.2) is 13.8 Å². The van der Waals surface area contributed by atoms with Gasteiger partial charge < -0.3 is 15.8 Å². The number of nitrogens with one attached hydrogen (secondary N) is 1. The van der Waals surface area contributed by atoms with E-state index in [1.807, 2.05) is 32.0 Å². The molecule has 0 amide bonds. The first kappa shape index (κ1) is 19.4. The maximum absolute atomic E-state index is 13.5. The number of hydrogen-bond donors (Lipinski definition) is 3. The predicted molar refractivity (Wildman–Crippen MR) is 103 cm³/mol. The van der Waals surface area contributed by atoms with Crippen molar-refractivity contribution < 1.29 is 13.9 Å². The molecule has 27 heavy (non-hydrogen) atoms. The highest BCUT2D eigenvalue weighted by molar-refractivity contribution is 7.99. The van der Waals surface area contributed by atoms with Crippen LogP contribution < -0.4 is 5.73 Å². The summed E-state index contributed by atoms with van der Waals surface area (Å²) < 4.78 is 26.9. The van der Waals surface area contributed by atoms with Crippen LogP contribution >= 0.6 is 11.8 Å². The summed E-state index contributed by atoms with van der Waals surface area (Å²) in [4.78, 5) is 8.05. The summed E-state index contributed by atoms with van der Waals surface area (Å²) in [5, 5.41) is 11.3. The number of aliphatic hydroxyl groups excluding tert-OH is 1. The van der Waals surface area contributed by atoms with Gasteiger partial charge >= 0.3 is 0 Å². The molecule has 0 aliphatic heterocycles. The first-order chi connectivity index (χ1) is 12.8. The molecule has 4 N–H and O–H groups in total. The van der Waals surface area contributed by atoms with Crippen molar-refractivity contribution in [3.05, 3.63) is 71.2 Å². The number of hydrogen-bond acceptors (Lipinski definition) is 4. The number of nitrogens with zero attached hydrogens (tertiary/aromatic N) is 1. The number of benzene rings is 2. The van der Waals surface area contributed by atoms with Crippen molar-refractivity contribution in [3.63, 3.8) is 0 Å². The number of nitrogen functional groups attached to an aromatic ring is 1. The number of aliphatic hydroxyl groups is 1. The number of halogens is 2. The number of para-hydroxylation sites is 1. The Morgan fingerprint density at radius 1 is 1.15 bits per heavy atom. The topological polar surface area (TPSA) is 74.9 Å². The normalized spacial score (nSPS) is 12.5. The first-order valence-electron chi connectivity index (χ1n) is 8.58. The molecule has 1 aromatic heterocycles. The van der Waals surface area contributed by atoms with E-state index in [0.29, 0.717) is 27.9 Å². The van der Waals surface area contributed by atoms with Crippen LogP contribution in [0, 0.1) is 11.6 Å². The SMILES string of the molecule is CC(C)c1nc(C(O)Cc2ccccc2N)[nH]c1Sc1cc(F)cc(F)c1. The van der Waals surface area contributed by atoms with E-state index in [-0.39, 0.29) is 5.92 Å². The number of H-pyrrole nitrogens is 1. The highest BCUT2D eigenvalue weighted by Crippen LogP contribution is 2.34. The van der Waals surface area contributed by atoms with Crippen molar-refractivity contribution >= 4 is 17.4 Å². The van der Waals surface area contributed by atoms with E-state index in [0.717, 1.165) is 17.3 Å². The highest BCUT2D eigenvalue weighted by Gasteiger charge is 2.20. The fourth-order valence-corrected chi connectivity index (χ4v) is 3.87. The highest BCUT2D eigenvalue weighted by atomic mass is 32.2. The zero-order valence-corrected chi connectivity index (χ0v) is 15.9.